The normalized spacial score (nSPS) is 24.7. The molecule has 1 saturated carbocycles. The maximum atomic E-state index is 14.3. The summed E-state index contributed by atoms with van der Waals surface area (Å²) in [7, 11) is -3.93. The van der Waals surface area contributed by atoms with Crippen LogP contribution in [0.15, 0.2) is 35.4 Å². The maximum Gasteiger partial charge on any atom is 0.420 e. The van der Waals surface area contributed by atoms with Crippen molar-refractivity contribution < 1.29 is 35.9 Å². The van der Waals surface area contributed by atoms with Crippen molar-refractivity contribution in [3.8, 4) is 10.6 Å². The highest BCUT2D eigenvalue weighted by atomic mass is 32.2. The summed E-state index contributed by atoms with van der Waals surface area (Å²) < 4.78 is 80.0. The van der Waals surface area contributed by atoms with Gasteiger partial charge in [0.25, 0.3) is 5.91 Å². The van der Waals surface area contributed by atoms with E-state index in [1.165, 1.54) is 4.90 Å². The summed E-state index contributed by atoms with van der Waals surface area (Å²) in [5.41, 5.74) is 1.20. The van der Waals surface area contributed by atoms with Gasteiger partial charge in [-0.1, -0.05) is 0 Å². The predicted molar refractivity (Wildman–Crippen MR) is 163 cm³/mol. The van der Waals surface area contributed by atoms with Gasteiger partial charge < -0.3 is 29.9 Å². The number of nitrogens with zero attached hydrogens (tertiary/aromatic N) is 4. The standard InChI is InChI=1S/C30H31F3N6O5S2/c31-30(32,33)20-11-35-29(36-21-4-3-17(9-19(21)16-1-2-16)38-6-5-34-22-14-44-15-23(22)38)37-26(20)24-10-25-27(45-24)28(40)39(18-12-43-13-18)7-8-46(25,41)42/h3-4,9-11,16,18,22-23,34H,1-2,5-8,12-15H2,(H,35,36,37)/t22-,23+/m0/s1. The van der Waals surface area contributed by atoms with Crippen molar-refractivity contribution in [1.29, 1.82) is 0 Å². The Morgan fingerprint density at radius 3 is 2.59 bits per heavy atom. The first-order valence-corrected chi connectivity index (χ1v) is 17.7. The SMILES string of the molecule is O=C1c2sc(-c3nc(Nc4ccc(N5CCN[C@H]6COC[C@H]65)cc4C4CC4)ncc3C(F)(F)F)cc2S(=O)(=O)CCN1C1COC1. The molecule has 0 spiro atoms. The van der Waals surface area contributed by atoms with Gasteiger partial charge in [-0.25, -0.2) is 18.4 Å². The van der Waals surface area contributed by atoms with Crippen LogP contribution in [-0.2, 0) is 25.5 Å². The second kappa shape index (κ2) is 11.1. The number of sulfone groups is 1. The summed E-state index contributed by atoms with van der Waals surface area (Å²) >= 11 is 0.706. The van der Waals surface area contributed by atoms with Gasteiger partial charge in [-0.15, -0.1) is 11.3 Å². The largest absolute Gasteiger partial charge is 0.420 e. The smallest absolute Gasteiger partial charge is 0.378 e. The number of rotatable bonds is 6. The predicted octanol–water partition coefficient (Wildman–Crippen LogP) is 3.65. The monoisotopic (exact) mass is 676 g/mol. The van der Waals surface area contributed by atoms with Crippen molar-refractivity contribution in [2.45, 2.75) is 48.0 Å². The zero-order valence-electron chi connectivity index (χ0n) is 24.5. The Balaban J connectivity index is 1.15. The highest BCUT2D eigenvalue weighted by Crippen LogP contribution is 2.46. The zero-order valence-corrected chi connectivity index (χ0v) is 26.2. The lowest BCUT2D eigenvalue weighted by atomic mass is 10.0. The maximum absolute atomic E-state index is 14.3. The summed E-state index contributed by atoms with van der Waals surface area (Å²) in [6.07, 6.45) is -2.11. The van der Waals surface area contributed by atoms with E-state index in [9.17, 15) is 26.4 Å². The molecule has 2 atom stereocenters. The number of amides is 1. The molecule has 2 aromatic heterocycles. The van der Waals surface area contributed by atoms with Crippen LogP contribution in [0.25, 0.3) is 10.6 Å². The first kappa shape index (κ1) is 30.1. The third-order valence-corrected chi connectivity index (χ3v) is 12.3. The Morgan fingerprint density at radius 2 is 1.85 bits per heavy atom. The topological polar surface area (TPSA) is 126 Å². The van der Waals surface area contributed by atoms with Gasteiger partial charge in [0.2, 0.25) is 5.95 Å². The fourth-order valence-corrected chi connectivity index (χ4v) is 9.54. The van der Waals surface area contributed by atoms with Gasteiger partial charge in [0, 0.05) is 37.2 Å². The number of hydrogen-bond donors (Lipinski definition) is 2. The average Bonchev–Trinajstić information content (AvgIpc) is 3.56. The van der Waals surface area contributed by atoms with Gasteiger partial charge in [-0.05, 0) is 48.6 Å². The van der Waals surface area contributed by atoms with E-state index in [0.29, 0.717) is 42.4 Å². The van der Waals surface area contributed by atoms with Crippen molar-refractivity contribution in [1.82, 2.24) is 20.2 Å². The molecular formula is C30H31F3N6O5S2. The highest BCUT2D eigenvalue weighted by Gasteiger charge is 2.41. The number of aromatic nitrogens is 2. The molecule has 1 aromatic carbocycles. The minimum absolute atomic E-state index is 0.00686. The van der Waals surface area contributed by atoms with Crippen molar-refractivity contribution in [2.24, 2.45) is 0 Å². The molecule has 3 aromatic rings. The molecule has 0 bridgehead atoms. The number of benzene rings is 1. The number of anilines is 3. The zero-order chi connectivity index (χ0) is 31.8. The molecule has 46 heavy (non-hydrogen) atoms. The van der Waals surface area contributed by atoms with E-state index in [-0.39, 0.29) is 64.2 Å². The molecule has 1 aliphatic carbocycles. The van der Waals surface area contributed by atoms with Crippen LogP contribution in [0, 0.1) is 0 Å². The van der Waals surface area contributed by atoms with Crippen LogP contribution in [0.5, 0.6) is 0 Å². The van der Waals surface area contributed by atoms with Crippen molar-refractivity contribution in [3.63, 3.8) is 0 Å². The van der Waals surface area contributed by atoms with Gasteiger partial charge >= 0.3 is 6.18 Å². The Kier molecular flexibility index (Phi) is 7.28. The average molecular weight is 677 g/mol. The molecule has 0 radical (unpaired) electrons. The number of thiophene rings is 1. The Bertz CT molecular complexity index is 1810. The van der Waals surface area contributed by atoms with Crippen molar-refractivity contribution >= 4 is 44.4 Å². The van der Waals surface area contributed by atoms with Gasteiger partial charge in [0.1, 0.15) is 10.4 Å². The summed E-state index contributed by atoms with van der Waals surface area (Å²) in [6.45, 7) is 3.56. The van der Waals surface area contributed by atoms with Crippen LogP contribution in [0.1, 0.15) is 39.6 Å². The molecule has 5 aliphatic rings. The van der Waals surface area contributed by atoms with E-state index < -0.39 is 33.2 Å². The molecule has 1 amide bonds. The van der Waals surface area contributed by atoms with Gasteiger partial charge in [0.15, 0.2) is 9.84 Å². The van der Waals surface area contributed by atoms with E-state index in [1.807, 2.05) is 12.1 Å². The lowest BCUT2D eigenvalue weighted by molar-refractivity contribution is -0.137. The van der Waals surface area contributed by atoms with E-state index in [4.69, 9.17) is 9.47 Å². The second-order valence-electron chi connectivity index (χ2n) is 12.3. The number of halogens is 3. The molecule has 4 fully saturated rings. The lowest BCUT2D eigenvalue weighted by Gasteiger charge is -2.39. The van der Waals surface area contributed by atoms with Crippen molar-refractivity contribution in [3.05, 3.63) is 46.5 Å². The number of carbonyl (C=O) groups excluding carboxylic acids is 1. The van der Waals surface area contributed by atoms with Gasteiger partial charge in [-0.2, -0.15) is 13.2 Å². The summed E-state index contributed by atoms with van der Waals surface area (Å²) in [4.78, 5) is 25.1. The van der Waals surface area contributed by atoms with E-state index in [0.717, 1.165) is 43.2 Å². The number of fused-ring (bicyclic) bond motifs is 2. The second-order valence-corrected chi connectivity index (χ2v) is 15.4. The first-order chi connectivity index (χ1) is 22.1. The third-order valence-electron chi connectivity index (χ3n) is 9.32. The summed E-state index contributed by atoms with van der Waals surface area (Å²) in [5, 5.41) is 6.66. The van der Waals surface area contributed by atoms with E-state index in [2.05, 4.69) is 31.6 Å². The van der Waals surface area contributed by atoms with Crippen LogP contribution in [0.3, 0.4) is 0 Å². The first-order valence-electron chi connectivity index (χ1n) is 15.3. The van der Waals surface area contributed by atoms with Crippen LogP contribution in [0.4, 0.5) is 30.5 Å². The number of nitrogens with one attached hydrogen (secondary N) is 2. The summed E-state index contributed by atoms with van der Waals surface area (Å²) in [6, 6.07) is 7.41. The molecule has 0 unspecified atom stereocenters. The molecule has 3 saturated heterocycles. The number of piperazine rings is 1. The third kappa shape index (κ3) is 5.33. The Morgan fingerprint density at radius 1 is 1.04 bits per heavy atom. The lowest BCUT2D eigenvalue weighted by Crippen LogP contribution is -2.57. The summed E-state index contributed by atoms with van der Waals surface area (Å²) in [5.74, 6) is -0.613. The molecule has 11 nitrogen and oxygen atoms in total. The number of ether oxygens (including phenoxy) is 2. The molecule has 16 heteroatoms. The molecule has 8 rings (SSSR count). The van der Waals surface area contributed by atoms with Crippen LogP contribution in [0.2, 0.25) is 0 Å². The molecular weight excluding hydrogens is 645 g/mol. The minimum Gasteiger partial charge on any atom is -0.378 e. The fraction of sp³-hybridized carbons (Fsp3) is 0.500. The number of carbonyl (C=O) groups is 1. The van der Waals surface area contributed by atoms with E-state index in [1.54, 1.807) is 0 Å². The van der Waals surface area contributed by atoms with Gasteiger partial charge in [-0.3, -0.25) is 4.79 Å². The van der Waals surface area contributed by atoms with Crippen LogP contribution in [-0.4, -0.2) is 99.1 Å². The molecule has 2 N–H and O–H groups in total. The highest BCUT2D eigenvalue weighted by molar-refractivity contribution is 7.91. The minimum atomic E-state index is -4.82. The molecule has 6 heterocycles. The van der Waals surface area contributed by atoms with Crippen LogP contribution >= 0.6 is 11.3 Å². The molecule has 4 aliphatic heterocycles. The molecule has 244 valence electrons. The number of alkyl halides is 3. The Labute approximate surface area is 267 Å². The van der Waals surface area contributed by atoms with Crippen molar-refractivity contribution in [2.75, 3.05) is 62.0 Å². The number of hydrogen-bond acceptors (Lipinski definition) is 11. The fourth-order valence-electron chi connectivity index (χ4n) is 6.62. The Hall–Kier alpha value is -3.31. The quantitative estimate of drug-likeness (QED) is 0.400. The van der Waals surface area contributed by atoms with Gasteiger partial charge in [0.05, 0.1) is 65.8 Å². The van der Waals surface area contributed by atoms with Crippen LogP contribution < -0.4 is 15.5 Å². The van der Waals surface area contributed by atoms with E-state index >= 15 is 0 Å².